The Morgan fingerprint density at radius 2 is 1.79 bits per heavy atom. The second kappa shape index (κ2) is 9.87. The van der Waals surface area contributed by atoms with E-state index in [0.717, 1.165) is 53.8 Å². The van der Waals surface area contributed by atoms with E-state index in [1.165, 1.54) is 6.42 Å². The molecule has 0 unspecified atom stereocenters. The van der Waals surface area contributed by atoms with Gasteiger partial charge < -0.3 is 0 Å². The zero-order chi connectivity index (χ0) is 23.3. The lowest BCUT2D eigenvalue weighted by Crippen LogP contribution is -2.29. The molecule has 0 bridgehead atoms. The van der Waals surface area contributed by atoms with Crippen LogP contribution in [0.3, 0.4) is 0 Å². The Morgan fingerprint density at radius 3 is 2.50 bits per heavy atom. The maximum atomic E-state index is 13.3. The van der Waals surface area contributed by atoms with Gasteiger partial charge in [0.2, 0.25) is 5.82 Å². The van der Waals surface area contributed by atoms with Crippen LogP contribution < -0.4 is 5.69 Å². The number of aromatic amines is 1. The fraction of sp³-hybridized carbons (Fsp3) is 0.346. The second-order valence-corrected chi connectivity index (χ2v) is 8.60. The lowest BCUT2D eigenvalue weighted by Gasteiger charge is -2.20. The molecule has 0 radical (unpaired) electrons. The van der Waals surface area contributed by atoms with Crippen LogP contribution in [-0.4, -0.2) is 35.0 Å². The van der Waals surface area contributed by atoms with E-state index in [1.54, 1.807) is 9.25 Å². The fourth-order valence-electron chi connectivity index (χ4n) is 4.65. The van der Waals surface area contributed by atoms with Crippen molar-refractivity contribution in [2.24, 2.45) is 0 Å². The van der Waals surface area contributed by atoms with Gasteiger partial charge >= 0.3 is 5.69 Å². The minimum absolute atomic E-state index is 0.0358. The molecule has 172 valence electrons. The van der Waals surface area contributed by atoms with E-state index in [0.29, 0.717) is 18.8 Å². The summed E-state index contributed by atoms with van der Waals surface area (Å²) in [7, 11) is 0. The molecule has 2 aromatic heterocycles. The number of benzene rings is 2. The van der Waals surface area contributed by atoms with E-state index in [1.807, 2.05) is 31.2 Å². The summed E-state index contributed by atoms with van der Waals surface area (Å²) in [6.07, 6.45) is 6.06. The molecule has 1 N–H and O–H groups in total. The monoisotopic (exact) mass is 453 g/mol. The number of aromatic nitrogens is 7. The van der Waals surface area contributed by atoms with Gasteiger partial charge in [-0.2, -0.15) is 10.3 Å². The van der Waals surface area contributed by atoms with E-state index < -0.39 is 0 Å². The first-order valence-electron chi connectivity index (χ1n) is 11.7. The van der Waals surface area contributed by atoms with Crippen LogP contribution in [0.4, 0.5) is 0 Å². The van der Waals surface area contributed by atoms with Gasteiger partial charge in [0, 0.05) is 5.56 Å². The Bertz CT molecular complexity index is 1370. The molecule has 8 nitrogen and oxygen atoms in total. The van der Waals surface area contributed by atoms with Crippen LogP contribution in [0, 0.1) is 11.8 Å². The fourth-order valence-corrected chi connectivity index (χ4v) is 4.65. The number of H-pyrrole nitrogens is 1. The van der Waals surface area contributed by atoms with Crippen molar-refractivity contribution >= 4 is 0 Å². The summed E-state index contributed by atoms with van der Waals surface area (Å²) in [6, 6.07) is 16.4. The Balaban J connectivity index is 1.44. The van der Waals surface area contributed by atoms with E-state index >= 15 is 0 Å². The number of hydrogen-bond acceptors (Lipinski definition) is 5. The van der Waals surface area contributed by atoms with Crippen molar-refractivity contribution in [1.82, 2.24) is 35.0 Å². The number of tetrazole rings is 1. The molecular weight excluding hydrogens is 426 g/mol. The Hall–Kier alpha value is -3.99. The van der Waals surface area contributed by atoms with E-state index in [4.69, 9.17) is 5.10 Å². The summed E-state index contributed by atoms with van der Waals surface area (Å²) in [5.41, 5.74) is 3.99. The predicted octanol–water partition coefficient (Wildman–Crippen LogP) is 4.01. The highest BCUT2D eigenvalue weighted by Gasteiger charge is 2.22. The van der Waals surface area contributed by atoms with Crippen LogP contribution in [0.15, 0.2) is 53.3 Å². The van der Waals surface area contributed by atoms with Crippen LogP contribution >= 0.6 is 0 Å². The zero-order valence-corrected chi connectivity index (χ0v) is 19.2. The molecule has 0 spiro atoms. The molecule has 1 aliphatic carbocycles. The minimum atomic E-state index is -0.0358. The minimum Gasteiger partial charge on any atom is -0.274 e. The normalized spacial score (nSPS) is 14.0. The molecular formula is C26H27N7O. The van der Waals surface area contributed by atoms with Crippen LogP contribution in [0.5, 0.6) is 0 Å². The number of hydrogen-bond donors (Lipinski definition) is 1. The van der Waals surface area contributed by atoms with Gasteiger partial charge in [-0.05, 0) is 41.7 Å². The Morgan fingerprint density at radius 1 is 1.03 bits per heavy atom. The molecule has 5 rings (SSSR count). The van der Waals surface area contributed by atoms with Crippen molar-refractivity contribution in [3.05, 3.63) is 70.4 Å². The van der Waals surface area contributed by atoms with Crippen LogP contribution in [0.1, 0.15) is 56.5 Å². The van der Waals surface area contributed by atoms with E-state index in [9.17, 15) is 4.79 Å². The highest BCUT2D eigenvalue weighted by atomic mass is 16.2. The smallest absolute Gasteiger partial charge is 0.274 e. The molecule has 1 saturated carbocycles. The number of nitrogens with zero attached hydrogens (tertiary/aromatic N) is 6. The van der Waals surface area contributed by atoms with Crippen molar-refractivity contribution in [2.75, 3.05) is 0 Å². The van der Waals surface area contributed by atoms with Gasteiger partial charge in [0.05, 0.1) is 19.0 Å². The lowest BCUT2D eigenvalue weighted by atomic mass is 9.96. The molecule has 0 atom stereocenters. The molecule has 0 aliphatic heterocycles. The van der Waals surface area contributed by atoms with Gasteiger partial charge in [-0.1, -0.05) is 73.7 Å². The predicted molar refractivity (Wildman–Crippen MR) is 130 cm³/mol. The molecule has 2 heterocycles. The first kappa shape index (κ1) is 21.8. The first-order valence-corrected chi connectivity index (χ1v) is 11.7. The molecule has 1 fully saturated rings. The highest BCUT2D eigenvalue weighted by Crippen LogP contribution is 2.30. The van der Waals surface area contributed by atoms with Gasteiger partial charge in [-0.25, -0.2) is 9.48 Å². The topological polar surface area (TPSA) is 94.3 Å². The largest absolute Gasteiger partial charge is 0.346 e. The van der Waals surface area contributed by atoms with Crippen molar-refractivity contribution in [2.45, 2.75) is 58.0 Å². The third kappa shape index (κ3) is 4.42. The Labute approximate surface area is 198 Å². The first-order chi connectivity index (χ1) is 16.7. The molecule has 2 aromatic carbocycles. The second-order valence-electron chi connectivity index (χ2n) is 8.60. The van der Waals surface area contributed by atoms with Gasteiger partial charge in [0.25, 0.3) is 0 Å². The van der Waals surface area contributed by atoms with Crippen LogP contribution in [-0.2, 0) is 13.0 Å². The highest BCUT2D eigenvalue weighted by molar-refractivity contribution is 5.80. The van der Waals surface area contributed by atoms with Crippen molar-refractivity contribution in [3.8, 4) is 34.4 Å². The van der Waals surface area contributed by atoms with Crippen LogP contribution in [0.25, 0.3) is 22.5 Å². The molecule has 8 heteroatoms. The van der Waals surface area contributed by atoms with Crippen molar-refractivity contribution in [1.29, 1.82) is 0 Å². The molecule has 4 aromatic rings. The van der Waals surface area contributed by atoms with Crippen LogP contribution in [0.2, 0.25) is 0 Å². The summed E-state index contributed by atoms with van der Waals surface area (Å²) in [4.78, 5) is 13.3. The lowest BCUT2D eigenvalue weighted by molar-refractivity contribution is 0.320. The average Bonchev–Trinajstić information content (AvgIpc) is 3.53. The summed E-state index contributed by atoms with van der Waals surface area (Å²) in [6.45, 7) is 2.28. The molecule has 0 saturated heterocycles. The molecule has 1 aliphatic rings. The summed E-state index contributed by atoms with van der Waals surface area (Å²) < 4.78 is 3.49. The van der Waals surface area contributed by atoms with E-state index in [2.05, 4.69) is 56.7 Å². The van der Waals surface area contributed by atoms with E-state index in [-0.39, 0.29) is 11.7 Å². The summed E-state index contributed by atoms with van der Waals surface area (Å²) in [5, 5.41) is 19.2. The summed E-state index contributed by atoms with van der Waals surface area (Å²) in [5.74, 6) is 7.30. The third-order valence-electron chi connectivity index (χ3n) is 6.42. The van der Waals surface area contributed by atoms with Crippen molar-refractivity contribution < 1.29 is 0 Å². The number of rotatable bonds is 6. The average molecular weight is 454 g/mol. The maximum Gasteiger partial charge on any atom is 0.346 e. The zero-order valence-electron chi connectivity index (χ0n) is 19.2. The Kier molecular flexibility index (Phi) is 6.34. The van der Waals surface area contributed by atoms with Gasteiger partial charge in [0.15, 0.2) is 0 Å². The standard InChI is InChI=1S/C26H27N7O/c1-2-3-13-24-29-33(21-9-5-4-6-10-21)26(34)32(24)18-19-14-16-20(17-15-19)22-11-7-8-12-23(22)25-27-30-31-28-25/h7-8,11-12,14-17,21H,4-6,9-10,13,18H2,1H3,(H,27,28,30,31). The molecule has 0 amide bonds. The number of nitrogens with one attached hydrogen (secondary N) is 1. The maximum absolute atomic E-state index is 13.3. The third-order valence-corrected chi connectivity index (χ3v) is 6.42. The summed E-state index contributed by atoms with van der Waals surface area (Å²) >= 11 is 0. The quantitative estimate of drug-likeness (QED) is 0.445. The van der Waals surface area contributed by atoms with Gasteiger partial charge in [-0.15, -0.1) is 16.1 Å². The van der Waals surface area contributed by atoms with Gasteiger partial charge in [-0.3, -0.25) is 4.57 Å². The SMILES string of the molecule is CC#CCc1nn(C2CCCCC2)c(=O)n1Cc1ccc(-c2ccccc2-c2nn[nH]n2)cc1. The van der Waals surface area contributed by atoms with Gasteiger partial charge in [0.1, 0.15) is 5.82 Å². The van der Waals surface area contributed by atoms with Crippen molar-refractivity contribution in [3.63, 3.8) is 0 Å². The molecule has 34 heavy (non-hydrogen) atoms.